The van der Waals surface area contributed by atoms with Gasteiger partial charge in [-0.2, -0.15) is 0 Å². The van der Waals surface area contributed by atoms with Crippen molar-refractivity contribution in [2.45, 2.75) is 39.2 Å². The van der Waals surface area contributed by atoms with Gasteiger partial charge in [-0.1, -0.05) is 30.3 Å². The number of amides is 1. The molecule has 1 aromatic rings. The van der Waals surface area contributed by atoms with Crippen molar-refractivity contribution in [1.82, 2.24) is 5.01 Å². The molecular formula is C16H24N2O5. The van der Waals surface area contributed by atoms with Crippen LogP contribution in [0.1, 0.15) is 26.3 Å². The zero-order valence-electron chi connectivity index (χ0n) is 13.7. The lowest BCUT2D eigenvalue weighted by molar-refractivity contribution is -0.344. The molecule has 0 radical (unpaired) electrons. The van der Waals surface area contributed by atoms with E-state index in [2.05, 4.69) is 0 Å². The molecule has 1 amide bonds. The molecule has 0 aliphatic rings. The highest BCUT2D eigenvalue weighted by molar-refractivity contribution is 5.73. The van der Waals surface area contributed by atoms with Crippen molar-refractivity contribution in [2.24, 2.45) is 5.84 Å². The molecule has 0 heterocycles. The molecule has 1 atom stereocenters. The first-order valence-corrected chi connectivity index (χ1v) is 7.49. The van der Waals surface area contributed by atoms with E-state index in [1.807, 2.05) is 30.3 Å². The first-order valence-electron chi connectivity index (χ1n) is 7.49. The van der Waals surface area contributed by atoms with Gasteiger partial charge in [0.2, 0.25) is 0 Å². The fourth-order valence-corrected chi connectivity index (χ4v) is 2.04. The molecule has 0 aliphatic carbocycles. The Morgan fingerprint density at radius 3 is 2.30 bits per heavy atom. The quantitative estimate of drug-likeness (QED) is 0.245. The largest absolute Gasteiger partial charge is 0.429 e. The molecule has 2 N–H and O–H groups in total. The van der Waals surface area contributed by atoms with Gasteiger partial charge in [0.05, 0.1) is 13.2 Å². The first-order chi connectivity index (χ1) is 11.0. The van der Waals surface area contributed by atoms with Crippen LogP contribution in [0.2, 0.25) is 0 Å². The summed E-state index contributed by atoms with van der Waals surface area (Å²) >= 11 is 0. The van der Waals surface area contributed by atoms with E-state index in [9.17, 15) is 9.59 Å². The summed E-state index contributed by atoms with van der Waals surface area (Å²) in [6.07, 6.45) is -0.00878. The lowest BCUT2D eigenvalue weighted by Crippen LogP contribution is -2.51. The maximum absolute atomic E-state index is 12.2. The Labute approximate surface area is 136 Å². The van der Waals surface area contributed by atoms with Crippen molar-refractivity contribution in [3.05, 3.63) is 35.9 Å². The van der Waals surface area contributed by atoms with Gasteiger partial charge in [-0.3, -0.25) is 0 Å². The molecular weight excluding hydrogens is 300 g/mol. The molecule has 7 nitrogen and oxygen atoms in total. The summed E-state index contributed by atoms with van der Waals surface area (Å²) in [4.78, 5) is 23.4. The molecule has 0 fully saturated rings. The van der Waals surface area contributed by atoms with Crippen LogP contribution in [0.3, 0.4) is 0 Å². The van der Waals surface area contributed by atoms with Gasteiger partial charge in [-0.15, -0.1) is 0 Å². The average Bonchev–Trinajstić information content (AvgIpc) is 2.53. The SMILES string of the molecule is CCOC(C)(OCC)OC(=O)N(N)C(C=O)Cc1ccccc1. The highest BCUT2D eigenvalue weighted by Crippen LogP contribution is 2.17. The third-order valence-corrected chi connectivity index (χ3v) is 3.10. The van der Waals surface area contributed by atoms with E-state index < -0.39 is 18.1 Å². The van der Waals surface area contributed by atoms with Crippen molar-refractivity contribution < 1.29 is 23.8 Å². The number of carbonyl (C=O) groups excluding carboxylic acids is 2. The summed E-state index contributed by atoms with van der Waals surface area (Å²) in [6.45, 7) is 5.54. The number of hydrazine groups is 1. The lowest BCUT2D eigenvalue weighted by atomic mass is 10.1. The highest BCUT2D eigenvalue weighted by atomic mass is 16.9. The Bertz CT molecular complexity index is 489. The normalized spacial score (nSPS) is 12.5. The molecule has 0 spiro atoms. The summed E-state index contributed by atoms with van der Waals surface area (Å²) in [5.74, 6) is 4.19. The number of rotatable bonds is 9. The minimum Gasteiger partial charge on any atom is -0.390 e. The van der Waals surface area contributed by atoms with Crippen LogP contribution in [0.4, 0.5) is 4.79 Å². The number of hydrogen-bond acceptors (Lipinski definition) is 6. The van der Waals surface area contributed by atoms with Crippen LogP contribution in [0.15, 0.2) is 30.3 Å². The van der Waals surface area contributed by atoms with Crippen molar-refractivity contribution in [1.29, 1.82) is 0 Å². The monoisotopic (exact) mass is 324 g/mol. The number of hydrogen-bond donors (Lipinski definition) is 1. The van der Waals surface area contributed by atoms with Crippen LogP contribution < -0.4 is 5.84 Å². The third kappa shape index (κ3) is 5.97. The van der Waals surface area contributed by atoms with Crippen LogP contribution >= 0.6 is 0 Å². The van der Waals surface area contributed by atoms with Crippen molar-refractivity contribution in [3.63, 3.8) is 0 Å². The molecule has 7 heteroatoms. The minimum absolute atomic E-state index is 0.287. The van der Waals surface area contributed by atoms with Crippen LogP contribution in [0.5, 0.6) is 0 Å². The molecule has 1 aromatic carbocycles. The number of ether oxygens (including phenoxy) is 3. The zero-order chi connectivity index (χ0) is 17.3. The molecule has 0 aliphatic heterocycles. The summed E-state index contributed by atoms with van der Waals surface area (Å²) < 4.78 is 15.7. The predicted molar refractivity (Wildman–Crippen MR) is 84.2 cm³/mol. The molecule has 0 aromatic heterocycles. The molecule has 0 saturated carbocycles. The Morgan fingerprint density at radius 1 is 1.26 bits per heavy atom. The molecule has 23 heavy (non-hydrogen) atoms. The van der Waals surface area contributed by atoms with Gasteiger partial charge in [0, 0.05) is 13.3 Å². The second-order valence-electron chi connectivity index (χ2n) is 4.90. The van der Waals surface area contributed by atoms with Gasteiger partial charge in [0.25, 0.3) is 0 Å². The summed E-state index contributed by atoms with van der Waals surface area (Å²) in [5, 5.41) is 0.746. The maximum atomic E-state index is 12.2. The van der Waals surface area contributed by atoms with E-state index >= 15 is 0 Å². The Hall–Kier alpha value is -1.96. The number of benzene rings is 1. The standard InChI is InChI=1S/C16H24N2O5/c1-4-21-16(3,22-5-2)23-15(20)18(17)14(12-19)11-13-9-7-6-8-10-13/h6-10,12,14H,4-5,11,17H2,1-3H3. The van der Waals surface area contributed by atoms with Gasteiger partial charge < -0.3 is 19.0 Å². The highest BCUT2D eigenvalue weighted by Gasteiger charge is 2.34. The van der Waals surface area contributed by atoms with Gasteiger partial charge in [0.1, 0.15) is 12.3 Å². The van der Waals surface area contributed by atoms with Gasteiger partial charge in [0.15, 0.2) is 0 Å². The van der Waals surface area contributed by atoms with Crippen molar-refractivity contribution in [2.75, 3.05) is 13.2 Å². The number of carbonyl (C=O) groups is 2. The molecule has 1 unspecified atom stereocenters. The van der Waals surface area contributed by atoms with E-state index in [0.717, 1.165) is 10.6 Å². The smallest absolute Gasteiger partial charge is 0.390 e. The fraction of sp³-hybridized carbons (Fsp3) is 0.500. The van der Waals surface area contributed by atoms with Crippen LogP contribution in [-0.2, 0) is 25.4 Å². The average molecular weight is 324 g/mol. The second-order valence-corrected chi connectivity index (χ2v) is 4.90. The number of aldehydes is 1. The van der Waals surface area contributed by atoms with E-state index in [-0.39, 0.29) is 19.6 Å². The third-order valence-electron chi connectivity index (χ3n) is 3.10. The summed E-state index contributed by atoms with van der Waals surface area (Å²) in [7, 11) is 0. The second kappa shape index (κ2) is 9.24. The van der Waals surface area contributed by atoms with E-state index in [1.165, 1.54) is 6.92 Å². The van der Waals surface area contributed by atoms with Crippen LogP contribution in [-0.4, -0.2) is 42.6 Å². The maximum Gasteiger partial charge on any atom is 0.429 e. The summed E-state index contributed by atoms with van der Waals surface area (Å²) in [5.41, 5.74) is 0.880. The molecule has 0 bridgehead atoms. The molecule has 0 saturated heterocycles. The molecule has 1 rings (SSSR count). The van der Waals surface area contributed by atoms with Crippen LogP contribution in [0, 0.1) is 0 Å². The van der Waals surface area contributed by atoms with E-state index in [4.69, 9.17) is 20.1 Å². The Balaban J connectivity index is 2.74. The van der Waals surface area contributed by atoms with E-state index in [0.29, 0.717) is 6.29 Å². The zero-order valence-corrected chi connectivity index (χ0v) is 13.7. The van der Waals surface area contributed by atoms with Gasteiger partial charge >= 0.3 is 12.1 Å². The summed E-state index contributed by atoms with van der Waals surface area (Å²) in [6, 6.07) is 8.40. The minimum atomic E-state index is -1.54. The topological polar surface area (TPSA) is 91.1 Å². The Kier molecular flexibility index (Phi) is 7.67. The van der Waals surface area contributed by atoms with Crippen molar-refractivity contribution >= 4 is 12.4 Å². The van der Waals surface area contributed by atoms with E-state index in [1.54, 1.807) is 13.8 Å². The van der Waals surface area contributed by atoms with Crippen LogP contribution in [0.25, 0.3) is 0 Å². The molecule has 128 valence electrons. The fourth-order valence-electron chi connectivity index (χ4n) is 2.04. The van der Waals surface area contributed by atoms with Gasteiger partial charge in [-0.25, -0.2) is 15.6 Å². The lowest BCUT2D eigenvalue weighted by Gasteiger charge is -2.31. The Morgan fingerprint density at radius 2 is 1.83 bits per heavy atom. The van der Waals surface area contributed by atoms with Gasteiger partial charge in [-0.05, 0) is 19.4 Å². The first kappa shape index (κ1) is 19.1. The number of nitrogens with zero attached hydrogens (tertiary/aromatic N) is 1. The number of nitrogens with two attached hydrogens (primary N) is 1. The predicted octanol–water partition coefficient (Wildman–Crippen LogP) is 1.86. The van der Waals surface area contributed by atoms with Crippen molar-refractivity contribution in [3.8, 4) is 0 Å².